The van der Waals surface area contributed by atoms with Crippen LogP contribution in [0.4, 0.5) is 11.4 Å². The first kappa shape index (κ1) is 14.3. The van der Waals surface area contributed by atoms with Crippen LogP contribution in [0, 0.1) is 0 Å². The van der Waals surface area contributed by atoms with Gasteiger partial charge in [-0.25, -0.2) is 0 Å². The van der Waals surface area contributed by atoms with Gasteiger partial charge in [0.25, 0.3) is 0 Å². The lowest BCUT2D eigenvalue weighted by Gasteiger charge is -1.99. The summed E-state index contributed by atoms with van der Waals surface area (Å²) < 4.78 is 0. The minimum absolute atomic E-state index is 0.749. The summed E-state index contributed by atoms with van der Waals surface area (Å²) in [5.74, 6) is 0. The molecule has 1 aromatic rings. The van der Waals surface area contributed by atoms with Gasteiger partial charge in [-0.05, 0) is 30.7 Å². The lowest BCUT2D eigenvalue weighted by atomic mass is 10.3. The highest BCUT2D eigenvalue weighted by Gasteiger charge is 1.87. The second-order valence-corrected chi connectivity index (χ2v) is 3.82. The number of nitrogens with two attached hydrogens (primary N) is 3. The number of rotatable bonds is 2. The van der Waals surface area contributed by atoms with Gasteiger partial charge in [-0.2, -0.15) is 0 Å². The van der Waals surface area contributed by atoms with E-state index in [1.807, 2.05) is 20.3 Å². The molecular weight excluding hydrogens is 200 g/mol. The molecule has 0 fully saturated rings. The molecule has 0 aliphatic carbocycles. The zero-order chi connectivity index (χ0) is 12.6. The van der Waals surface area contributed by atoms with E-state index in [9.17, 15) is 0 Å². The summed E-state index contributed by atoms with van der Waals surface area (Å²) in [6, 6.07) is 7.09. The van der Waals surface area contributed by atoms with E-state index >= 15 is 0 Å². The van der Waals surface area contributed by atoms with E-state index in [0.29, 0.717) is 0 Å². The van der Waals surface area contributed by atoms with Crippen molar-refractivity contribution in [1.29, 1.82) is 0 Å². The maximum absolute atomic E-state index is 5.51. The van der Waals surface area contributed by atoms with Crippen LogP contribution in [0.25, 0.3) is 0 Å². The molecule has 4 heteroatoms. The van der Waals surface area contributed by atoms with Crippen LogP contribution < -0.4 is 22.1 Å². The average molecular weight is 223 g/mol. The van der Waals surface area contributed by atoms with Crippen LogP contribution in [-0.2, 0) is 0 Å². The summed E-state index contributed by atoms with van der Waals surface area (Å²) in [4.78, 5) is 1.27. The van der Waals surface area contributed by atoms with Gasteiger partial charge in [0.15, 0.2) is 0 Å². The molecular formula is C12H23N4+. The molecule has 4 nitrogen and oxygen atoms in total. The Hall–Kier alpha value is -1.68. The Morgan fingerprint density at radius 1 is 1.12 bits per heavy atom. The average Bonchev–Trinajstić information content (AvgIpc) is 2.22. The molecule has 0 spiro atoms. The summed E-state index contributed by atoms with van der Waals surface area (Å²) in [5.41, 5.74) is 18.7. The fourth-order valence-corrected chi connectivity index (χ4v) is 0.969. The highest BCUT2D eigenvalue weighted by molar-refractivity contribution is 5.47. The van der Waals surface area contributed by atoms with Crippen molar-refractivity contribution in [2.75, 3.05) is 25.6 Å². The fraction of sp³-hybridized carbons (Fsp3) is 0.333. The van der Waals surface area contributed by atoms with E-state index in [2.05, 4.69) is 6.92 Å². The van der Waals surface area contributed by atoms with Gasteiger partial charge in [-0.15, -0.1) is 0 Å². The predicted octanol–water partition coefficient (Wildman–Crippen LogP) is 0.192. The van der Waals surface area contributed by atoms with Gasteiger partial charge in [0, 0.05) is 11.4 Å². The second-order valence-electron chi connectivity index (χ2n) is 3.82. The minimum atomic E-state index is 0.749. The molecule has 1 aromatic carbocycles. The van der Waals surface area contributed by atoms with Crippen LogP contribution in [0.15, 0.2) is 36.2 Å². The Balaban J connectivity index is 0.000000281. The molecule has 1 rings (SSSR count). The van der Waals surface area contributed by atoms with Crippen LogP contribution >= 0.6 is 0 Å². The van der Waals surface area contributed by atoms with Crippen molar-refractivity contribution in [3.8, 4) is 0 Å². The molecule has 0 saturated heterocycles. The van der Waals surface area contributed by atoms with Crippen molar-refractivity contribution in [1.82, 2.24) is 0 Å². The molecule has 7 N–H and O–H groups in total. The highest BCUT2D eigenvalue weighted by atomic mass is 15.0. The molecule has 0 amide bonds. The Kier molecular flexibility index (Phi) is 6.79. The van der Waals surface area contributed by atoms with Crippen molar-refractivity contribution < 1.29 is 4.90 Å². The predicted molar refractivity (Wildman–Crippen MR) is 70.6 cm³/mol. The fourth-order valence-electron chi connectivity index (χ4n) is 0.969. The van der Waals surface area contributed by atoms with E-state index in [0.717, 1.165) is 23.5 Å². The third-order valence-corrected chi connectivity index (χ3v) is 1.82. The van der Waals surface area contributed by atoms with Crippen LogP contribution in [0.5, 0.6) is 0 Å². The summed E-state index contributed by atoms with van der Waals surface area (Å²) in [5, 5.41) is 0. The number of hydrogen-bond acceptors (Lipinski definition) is 3. The second kappa shape index (κ2) is 7.59. The highest BCUT2D eigenvalue weighted by Crippen LogP contribution is 2.04. The van der Waals surface area contributed by atoms with Crippen molar-refractivity contribution in [3.63, 3.8) is 0 Å². The van der Waals surface area contributed by atoms with Crippen molar-refractivity contribution in [3.05, 3.63) is 36.2 Å². The summed E-state index contributed by atoms with van der Waals surface area (Å²) in [6.45, 7) is 2.05. The molecule has 0 aliphatic heterocycles. The molecule has 0 heterocycles. The van der Waals surface area contributed by atoms with Gasteiger partial charge in [0.1, 0.15) is 6.20 Å². The van der Waals surface area contributed by atoms with E-state index in [1.165, 1.54) is 4.90 Å². The van der Waals surface area contributed by atoms with E-state index in [-0.39, 0.29) is 0 Å². The zero-order valence-corrected chi connectivity index (χ0v) is 10.3. The maximum atomic E-state index is 5.51. The number of nitrogen functional groups attached to an aromatic ring is 2. The Labute approximate surface area is 97.7 Å². The summed E-state index contributed by atoms with van der Waals surface area (Å²) in [7, 11) is 4.09. The Morgan fingerprint density at radius 3 is 1.69 bits per heavy atom. The Bertz CT molecular complexity index is 293. The molecule has 0 saturated carbocycles. The first-order valence-electron chi connectivity index (χ1n) is 5.33. The zero-order valence-electron chi connectivity index (χ0n) is 10.3. The normalized spacial score (nSPS) is 10.9. The standard InChI is InChI=1S/C6H8N2.C6H14N2/c7-5-1-2-6(8)4-3-5;1-4-6(7)5-8(2)3/h1-4H,7-8H2;5H,4,7H2,1-3H3/p+1/b;6-5+. The van der Waals surface area contributed by atoms with E-state index < -0.39 is 0 Å². The third kappa shape index (κ3) is 7.70. The third-order valence-electron chi connectivity index (χ3n) is 1.82. The van der Waals surface area contributed by atoms with E-state index in [4.69, 9.17) is 17.2 Å². The van der Waals surface area contributed by atoms with Crippen molar-refractivity contribution in [2.24, 2.45) is 5.73 Å². The number of quaternary nitrogens is 1. The molecule has 0 unspecified atom stereocenters. The van der Waals surface area contributed by atoms with Crippen LogP contribution in [0.1, 0.15) is 13.3 Å². The number of nitrogens with one attached hydrogen (secondary N) is 1. The number of benzene rings is 1. The van der Waals surface area contributed by atoms with E-state index in [1.54, 1.807) is 24.3 Å². The number of anilines is 2. The smallest absolute Gasteiger partial charge is 0.113 e. The molecule has 90 valence electrons. The maximum Gasteiger partial charge on any atom is 0.113 e. The van der Waals surface area contributed by atoms with Crippen molar-refractivity contribution >= 4 is 11.4 Å². The lowest BCUT2D eigenvalue weighted by Crippen LogP contribution is -3.00. The van der Waals surface area contributed by atoms with Gasteiger partial charge in [0.05, 0.1) is 19.8 Å². The van der Waals surface area contributed by atoms with Gasteiger partial charge >= 0.3 is 0 Å². The van der Waals surface area contributed by atoms with Crippen LogP contribution in [-0.4, -0.2) is 14.1 Å². The monoisotopic (exact) mass is 223 g/mol. The van der Waals surface area contributed by atoms with Gasteiger partial charge in [0.2, 0.25) is 0 Å². The molecule has 0 bridgehead atoms. The van der Waals surface area contributed by atoms with Crippen LogP contribution in [0.2, 0.25) is 0 Å². The Morgan fingerprint density at radius 2 is 1.50 bits per heavy atom. The molecule has 0 radical (unpaired) electrons. The van der Waals surface area contributed by atoms with Gasteiger partial charge < -0.3 is 22.1 Å². The first-order valence-corrected chi connectivity index (χ1v) is 5.33. The minimum Gasteiger partial charge on any atom is -0.399 e. The lowest BCUT2D eigenvalue weighted by molar-refractivity contribution is -0.802. The molecule has 16 heavy (non-hydrogen) atoms. The number of hydrogen-bond donors (Lipinski definition) is 4. The largest absolute Gasteiger partial charge is 0.399 e. The summed E-state index contributed by atoms with van der Waals surface area (Å²) in [6.07, 6.45) is 2.95. The molecule has 0 aliphatic rings. The number of allylic oxidation sites excluding steroid dienone is 1. The summed E-state index contributed by atoms with van der Waals surface area (Å²) >= 11 is 0. The topological polar surface area (TPSA) is 82.5 Å². The first-order chi connectivity index (χ1) is 7.45. The van der Waals surface area contributed by atoms with Gasteiger partial charge in [-0.1, -0.05) is 6.92 Å². The van der Waals surface area contributed by atoms with Crippen LogP contribution in [0.3, 0.4) is 0 Å². The van der Waals surface area contributed by atoms with Gasteiger partial charge in [-0.3, -0.25) is 0 Å². The SMILES string of the molecule is CC/C(N)=C\[NH+](C)C.Nc1ccc(N)cc1. The van der Waals surface area contributed by atoms with Crippen molar-refractivity contribution in [2.45, 2.75) is 13.3 Å². The quantitative estimate of drug-likeness (QED) is 0.540. The molecule has 0 aromatic heterocycles. The molecule has 0 atom stereocenters.